The van der Waals surface area contributed by atoms with Crippen LogP contribution in [0.25, 0.3) is 0 Å². The summed E-state index contributed by atoms with van der Waals surface area (Å²) in [6.07, 6.45) is -5.71. The largest absolute Gasteiger partial charge is 0.394 e. The van der Waals surface area contributed by atoms with Crippen LogP contribution in [0.2, 0.25) is 0 Å². The van der Waals surface area contributed by atoms with Crippen molar-refractivity contribution in [2.45, 2.75) is 30.7 Å². The van der Waals surface area contributed by atoms with Crippen molar-refractivity contribution in [3.63, 3.8) is 0 Å². The Balaban J connectivity index is 2.15. The molecule has 8 nitrogen and oxygen atoms in total. The zero-order valence-electron chi connectivity index (χ0n) is 9.86. The molecule has 2 heterocycles. The molecule has 1 aliphatic heterocycles. The number of ether oxygens (including phenoxy) is 1. The molecule has 0 radical (unpaired) electrons. The summed E-state index contributed by atoms with van der Waals surface area (Å²) in [5.41, 5.74) is -0.487. The van der Waals surface area contributed by atoms with Gasteiger partial charge in [0.25, 0.3) is 11.8 Å². The number of nitrogens with zero attached hydrogens (tertiary/aromatic N) is 1. The molecule has 0 aliphatic carbocycles. The molecule has 0 amide bonds. The van der Waals surface area contributed by atoms with Crippen LogP contribution in [-0.2, 0) is 4.74 Å². The Labute approximate surface area is 108 Å². The number of hydrogen-bond donors (Lipinski definition) is 4. The lowest BCUT2D eigenvalue weighted by molar-refractivity contribution is -0.301. The maximum atomic E-state index is 11.4. The number of aromatic nitrogens is 1. The summed E-state index contributed by atoms with van der Waals surface area (Å²) >= 11 is 0. The van der Waals surface area contributed by atoms with Gasteiger partial charge in [0, 0.05) is 12.3 Å². The third-order valence-electron chi connectivity index (χ3n) is 2.85. The zero-order chi connectivity index (χ0) is 14.0. The van der Waals surface area contributed by atoms with E-state index >= 15 is 0 Å². The highest BCUT2D eigenvalue weighted by molar-refractivity contribution is 4.93. The van der Waals surface area contributed by atoms with E-state index in [0.29, 0.717) is 0 Å². The van der Waals surface area contributed by atoms with Gasteiger partial charge in [-0.25, -0.2) is 0 Å². The van der Waals surface area contributed by atoms with Crippen LogP contribution >= 0.6 is 0 Å². The van der Waals surface area contributed by atoms with Crippen LogP contribution in [-0.4, -0.2) is 62.5 Å². The second-order valence-corrected chi connectivity index (χ2v) is 4.17. The second-order valence-electron chi connectivity index (χ2n) is 4.17. The van der Waals surface area contributed by atoms with E-state index in [2.05, 4.69) is 0 Å². The number of hydrogen-bond acceptors (Lipinski definition) is 7. The van der Waals surface area contributed by atoms with E-state index in [1.807, 2.05) is 0 Å². The van der Waals surface area contributed by atoms with Crippen LogP contribution < -0.4 is 10.4 Å². The first kappa shape index (κ1) is 14.0. The molecule has 106 valence electrons. The lowest BCUT2D eigenvalue weighted by Gasteiger charge is -2.39. The van der Waals surface area contributed by atoms with Crippen molar-refractivity contribution < 1.29 is 30.0 Å². The van der Waals surface area contributed by atoms with E-state index in [4.69, 9.17) is 14.7 Å². The summed E-state index contributed by atoms with van der Waals surface area (Å²) < 4.78 is 5.92. The first-order valence-corrected chi connectivity index (χ1v) is 5.70. The number of pyridine rings is 1. The molecule has 1 aliphatic rings. The van der Waals surface area contributed by atoms with E-state index in [-0.39, 0.29) is 0 Å². The van der Waals surface area contributed by atoms with Crippen molar-refractivity contribution in [1.82, 2.24) is 4.73 Å². The monoisotopic (exact) mass is 273 g/mol. The summed E-state index contributed by atoms with van der Waals surface area (Å²) in [6, 6.07) is 4.28. The molecule has 19 heavy (non-hydrogen) atoms. The van der Waals surface area contributed by atoms with Gasteiger partial charge in [0.1, 0.15) is 24.4 Å². The van der Waals surface area contributed by atoms with E-state index in [1.54, 1.807) is 0 Å². The summed E-state index contributed by atoms with van der Waals surface area (Å²) in [6.45, 7) is -0.561. The first-order chi connectivity index (χ1) is 9.04. The Bertz CT molecular complexity index is 474. The van der Waals surface area contributed by atoms with Gasteiger partial charge in [-0.3, -0.25) is 4.79 Å². The Morgan fingerprint density at radius 2 is 1.95 bits per heavy atom. The average Bonchev–Trinajstić information content (AvgIpc) is 2.41. The zero-order valence-corrected chi connectivity index (χ0v) is 9.86. The molecule has 2 rings (SSSR count). The number of aliphatic hydroxyl groups excluding tert-OH is 4. The Kier molecular flexibility index (Phi) is 4.17. The van der Waals surface area contributed by atoms with Crippen LogP contribution in [0.15, 0.2) is 29.2 Å². The smallest absolute Gasteiger partial charge is 0.283 e. The van der Waals surface area contributed by atoms with E-state index < -0.39 is 42.9 Å². The predicted molar refractivity (Wildman–Crippen MR) is 61.0 cm³/mol. The van der Waals surface area contributed by atoms with Crippen LogP contribution in [0, 0.1) is 0 Å². The second kappa shape index (κ2) is 5.68. The summed E-state index contributed by atoms with van der Waals surface area (Å²) in [7, 11) is 0. The van der Waals surface area contributed by atoms with Crippen molar-refractivity contribution in [1.29, 1.82) is 0 Å². The van der Waals surface area contributed by atoms with Gasteiger partial charge in [0.05, 0.1) is 6.61 Å². The van der Waals surface area contributed by atoms with Gasteiger partial charge in [-0.2, -0.15) is 0 Å². The quantitative estimate of drug-likeness (QED) is 0.465. The van der Waals surface area contributed by atoms with Crippen molar-refractivity contribution in [3.05, 3.63) is 34.7 Å². The fraction of sp³-hybridized carbons (Fsp3) is 0.545. The van der Waals surface area contributed by atoms with E-state index in [0.717, 1.165) is 4.73 Å². The Morgan fingerprint density at radius 1 is 1.21 bits per heavy atom. The van der Waals surface area contributed by atoms with Gasteiger partial charge in [-0.05, 0) is 6.07 Å². The predicted octanol–water partition coefficient (Wildman–Crippen LogP) is -2.92. The SMILES string of the molecule is O=c1ccccn1O[C@@H]1O[C@H](CO)[C@H](O)[C@H](O)[C@H]1O. The van der Waals surface area contributed by atoms with E-state index in [9.17, 15) is 20.1 Å². The molecule has 0 bridgehead atoms. The van der Waals surface area contributed by atoms with Gasteiger partial charge < -0.3 is 30.0 Å². The fourth-order valence-electron chi connectivity index (χ4n) is 1.77. The van der Waals surface area contributed by atoms with Gasteiger partial charge in [-0.15, -0.1) is 4.73 Å². The van der Waals surface area contributed by atoms with E-state index in [1.165, 1.54) is 24.4 Å². The van der Waals surface area contributed by atoms with Crippen LogP contribution in [0.4, 0.5) is 0 Å². The lowest BCUT2D eigenvalue weighted by atomic mass is 9.99. The van der Waals surface area contributed by atoms with Crippen LogP contribution in [0.1, 0.15) is 0 Å². The standard InChI is InChI=1S/C11H15NO7/c13-5-6-8(15)9(16)10(17)11(18-6)19-12-4-2-1-3-7(12)14/h1-4,6,8-11,13,15-17H,5H2/t6-,8+,9+,10-,11+/m1/s1. The first-order valence-electron chi connectivity index (χ1n) is 5.70. The molecule has 0 aromatic carbocycles. The molecule has 1 aromatic rings. The molecule has 8 heteroatoms. The third kappa shape index (κ3) is 2.77. The molecule has 0 saturated carbocycles. The number of rotatable bonds is 3. The van der Waals surface area contributed by atoms with Crippen molar-refractivity contribution in [2.75, 3.05) is 6.61 Å². The topological polar surface area (TPSA) is 121 Å². The Hall–Kier alpha value is -1.45. The van der Waals surface area contributed by atoms with Gasteiger partial charge in [0.2, 0.25) is 0 Å². The minimum Gasteiger partial charge on any atom is -0.394 e. The van der Waals surface area contributed by atoms with Crippen molar-refractivity contribution in [3.8, 4) is 0 Å². The molecule has 1 aromatic heterocycles. The Morgan fingerprint density at radius 3 is 2.58 bits per heavy atom. The molecule has 0 unspecified atom stereocenters. The summed E-state index contributed by atoms with van der Waals surface area (Å²) in [5, 5.41) is 37.9. The minimum absolute atomic E-state index is 0.487. The lowest BCUT2D eigenvalue weighted by Crippen LogP contribution is -2.61. The molecular formula is C11H15NO7. The highest BCUT2D eigenvalue weighted by atomic mass is 16.8. The highest BCUT2D eigenvalue weighted by Crippen LogP contribution is 2.20. The fourth-order valence-corrected chi connectivity index (χ4v) is 1.77. The van der Waals surface area contributed by atoms with Crippen LogP contribution in [0.3, 0.4) is 0 Å². The third-order valence-corrected chi connectivity index (χ3v) is 2.85. The normalized spacial score (nSPS) is 35.1. The van der Waals surface area contributed by atoms with Gasteiger partial charge in [-0.1, -0.05) is 6.07 Å². The molecule has 1 fully saturated rings. The molecule has 0 spiro atoms. The van der Waals surface area contributed by atoms with Crippen LogP contribution in [0.5, 0.6) is 0 Å². The molecule has 1 saturated heterocycles. The van der Waals surface area contributed by atoms with Crippen molar-refractivity contribution in [2.24, 2.45) is 0 Å². The summed E-state index contributed by atoms with van der Waals surface area (Å²) in [5.74, 6) is 0. The maximum absolute atomic E-state index is 11.4. The molecule has 5 atom stereocenters. The van der Waals surface area contributed by atoms with Gasteiger partial charge in [0.15, 0.2) is 0 Å². The van der Waals surface area contributed by atoms with Crippen molar-refractivity contribution >= 4 is 0 Å². The summed E-state index contributed by atoms with van der Waals surface area (Å²) in [4.78, 5) is 16.5. The maximum Gasteiger partial charge on any atom is 0.283 e. The highest BCUT2D eigenvalue weighted by Gasteiger charge is 2.45. The van der Waals surface area contributed by atoms with Gasteiger partial charge >= 0.3 is 0 Å². The number of aliphatic hydroxyl groups is 4. The molecular weight excluding hydrogens is 258 g/mol. The molecule has 4 N–H and O–H groups in total. The minimum atomic E-state index is -1.55. The average molecular weight is 273 g/mol.